The topological polar surface area (TPSA) is 117 Å². The van der Waals surface area contributed by atoms with Gasteiger partial charge in [-0.1, -0.05) is 0 Å². The summed E-state index contributed by atoms with van der Waals surface area (Å²) in [5.41, 5.74) is 0.155. The predicted octanol–water partition coefficient (Wildman–Crippen LogP) is 0.991. The number of nitrogens with one attached hydrogen (secondary N) is 1. The Hall–Kier alpha value is -3.69. The van der Waals surface area contributed by atoms with Crippen LogP contribution in [0.1, 0.15) is 16.1 Å². The molecule has 2 amide bonds. The fourth-order valence-corrected chi connectivity index (χ4v) is 2.67. The molecule has 10 nitrogen and oxygen atoms in total. The quantitative estimate of drug-likeness (QED) is 0.631. The van der Waals surface area contributed by atoms with Gasteiger partial charge in [-0.05, 0) is 24.3 Å². The van der Waals surface area contributed by atoms with Gasteiger partial charge in [0.25, 0.3) is 5.91 Å². The molecule has 0 bridgehead atoms. The molecule has 0 radical (unpaired) electrons. The number of carbonyl (C=O) groups is 3. The van der Waals surface area contributed by atoms with E-state index in [9.17, 15) is 14.4 Å². The van der Waals surface area contributed by atoms with Crippen molar-refractivity contribution in [3.8, 4) is 17.2 Å². The summed E-state index contributed by atoms with van der Waals surface area (Å²) in [5.74, 6) is 0.0817. The van der Waals surface area contributed by atoms with E-state index in [0.717, 1.165) is 4.90 Å². The number of ether oxygens (including phenoxy) is 4. The molecule has 0 fully saturated rings. The van der Waals surface area contributed by atoms with E-state index >= 15 is 0 Å². The number of methoxy groups -OCH3 is 1. The van der Waals surface area contributed by atoms with Crippen LogP contribution in [0.25, 0.3) is 0 Å². The molecule has 1 aromatic heterocycles. The van der Waals surface area contributed by atoms with Crippen LogP contribution < -0.4 is 19.5 Å². The van der Waals surface area contributed by atoms with E-state index in [1.54, 1.807) is 12.1 Å². The first-order chi connectivity index (χ1) is 14.5. The van der Waals surface area contributed by atoms with Gasteiger partial charge in [-0.15, -0.1) is 0 Å². The van der Waals surface area contributed by atoms with Gasteiger partial charge in [-0.25, -0.2) is 4.79 Å². The number of esters is 1. The first kappa shape index (κ1) is 21.0. The zero-order valence-electron chi connectivity index (χ0n) is 16.6. The van der Waals surface area contributed by atoms with Crippen LogP contribution in [0.15, 0.2) is 34.9 Å². The van der Waals surface area contributed by atoms with Crippen molar-refractivity contribution in [2.45, 2.75) is 6.54 Å². The van der Waals surface area contributed by atoms with Crippen molar-refractivity contribution in [3.05, 3.63) is 41.9 Å². The molecular weight excluding hydrogens is 396 g/mol. The highest BCUT2D eigenvalue weighted by atomic mass is 16.6. The van der Waals surface area contributed by atoms with Gasteiger partial charge in [0.1, 0.15) is 19.0 Å². The molecule has 1 aliphatic heterocycles. The minimum absolute atomic E-state index is 0.155. The Kier molecular flexibility index (Phi) is 6.79. The summed E-state index contributed by atoms with van der Waals surface area (Å²) in [6.45, 7) is 0.240. The summed E-state index contributed by atoms with van der Waals surface area (Å²) in [6.07, 6.45) is 1.50. The van der Waals surface area contributed by atoms with E-state index in [1.807, 2.05) is 0 Å². The highest BCUT2D eigenvalue weighted by Crippen LogP contribution is 2.40. The van der Waals surface area contributed by atoms with Gasteiger partial charge in [0.15, 0.2) is 18.1 Å². The van der Waals surface area contributed by atoms with Crippen molar-refractivity contribution in [1.29, 1.82) is 0 Å². The lowest BCUT2D eigenvalue weighted by Crippen LogP contribution is -2.39. The maximum absolute atomic E-state index is 12.3. The lowest BCUT2D eigenvalue weighted by Gasteiger charge is -2.21. The van der Waals surface area contributed by atoms with Crippen LogP contribution in [0.3, 0.4) is 0 Å². The minimum atomic E-state index is -0.728. The fraction of sp³-hybridized carbons (Fsp3) is 0.350. The first-order valence-corrected chi connectivity index (χ1v) is 9.15. The van der Waals surface area contributed by atoms with Crippen molar-refractivity contribution in [2.75, 3.05) is 40.5 Å². The van der Waals surface area contributed by atoms with Gasteiger partial charge in [-0.3, -0.25) is 9.59 Å². The Morgan fingerprint density at radius 2 is 2.00 bits per heavy atom. The number of likely N-dealkylation sites (N-methyl/N-ethyl adjacent to an activating group) is 1. The molecule has 3 rings (SSSR count). The number of fused-ring (bicyclic) bond motifs is 1. The van der Waals surface area contributed by atoms with Crippen molar-refractivity contribution in [1.82, 2.24) is 10.2 Å². The number of rotatable bonds is 8. The molecule has 10 heteroatoms. The van der Waals surface area contributed by atoms with Gasteiger partial charge in [0.2, 0.25) is 11.7 Å². The van der Waals surface area contributed by atoms with E-state index < -0.39 is 18.5 Å². The molecule has 0 unspecified atom stereocenters. The van der Waals surface area contributed by atoms with Crippen molar-refractivity contribution >= 4 is 17.8 Å². The summed E-state index contributed by atoms with van der Waals surface area (Å²) in [4.78, 5) is 37.6. The molecule has 0 spiro atoms. The van der Waals surface area contributed by atoms with Crippen LogP contribution in [0.5, 0.6) is 17.2 Å². The SMILES string of the molecule is COc1cc(C(=O)OCC(=O)N(C)CC(=O)NCc2ccco2)cc2c1OCCO2. The third kappa shape index (κ3) is 5.22. The smallest absolute Gasteiger partial charge is 0.338 e. The number of carbonyl (C=O) groups excluding carboxylic acids is 3. The maximum atomic E-state index is 12.3. The Morgan fingerprint density at radius 3 is 2.73 bits per heavy atom. The van der Waals surface area contributed by atoms with E-state index in [4.69, 9.17) is 23.4 Å². The van der Waals surface area contributed by atoms with Crippen molar-refractivity contribution in [3.63, 3.8) is 0 Å². The van der Waals surface area contributed by atoms with Crippen LogP contribution in [0.4, 0.5) is 0 Å². The number of benzene rings is 1. The summed E-state index contributed by atoms with van der Waals surface area (Å²) in [6, 6.07) is 6.35. The number of hydrogen-bond acceptors (Lipinski definition) is 8. The van der Waals surface area contributed by atoms with Crippen LogP contribution in [0, 0.1) is 0 Å². The minimum Gasteiger partial charge on any atom is -0.493 e. The second kappa shape index (κ2) is 9.68. The van der Waals surface area contributed by atoms with Crippen LogP contribution in [-0.4, -0.2) is 63.2 Å². The largest absolute Gasteiger partial charge is 0.493 e. The van der Waals surface area contributed by atoms with Crippen LogP contribution in [-0.2, 0) is 20.9 Å². The van der Waals surface area contributed by atoms with Gasteiger partial charge in [0, 0.05) is 7.05 Å². The molecule has 1 N–H and O–H groups in total. The number of furan rings is 1. The highest BCUT2D eigenvalue weighted by Gasteiger charge is 2.22. The summed E-state index contributed by atoms with van der Waals surface area (Å²) >= 11 is 0. The molecular formula is C20H22N2O8. The molecule has 0 aliphatic carbocycles. The van der Waals surface area contributed by atoms with Gasteiger partial charge < -0.3 is 33.6 Å². The summed E-state index contributed by atoms with van der Waals surface area (Å²) in [7, 11) is 2.88. The fourth-order valence-electron chi connectivity index (χ4n) is 2.67. The van der Waals surface area contributed by atoms with E-state index in [1.165, 1.54) is 32.6 Å². The molecule has 0 atom stereocenters. The molecule has 1 aromatic carbocycles. The van der Waals surface area contributed by atoms with Crippen LogP contribution in [0.2, 0.25) is 0 Å². The third-order valence-electron chi connectivity index (χ3n) is 4.24. The monoisotopic (exact) mass is 418 g/mol. The lowest BCUT2D eigenvalue weighted by atomic mass is 10.1. The van der Waals surface area contributed by atoms with Gasteiger partial charge in [0.05, 0.1) is 32.0 Å². The molecule has 2 aromatic rings. The second-order valence-electron chi connectivity index (χ2n) is 6.38. The van der Waals surface area contributed by atoms with E-state index in [-0.39, 0.29) is 24.6 Å². The molecule has 160 valence electrons. The van der Waals surface area contributed by atoms with Gasteiger partial charge in [-0.2, -0.15) is 0 Å². The Balaban J connectivity index is 1.50. The molecule has 0 saturated carbocycles. The maximum Gasteiger partial charge on any atom is 0.338 e. The average molecular weight is 418 g/mol. The second-order valence-corrected chi connectivity index (χ2v) is 6.38. The Morgan fingerprint density at radius 1 is 1.20 bits per heavy atom. The van der Waals surface area contributed by atoms with Crippen molar-refractivity contribution < 1.29 is 37.7 Å². The third-order valence-corrected chi connectivity index (χ3v) is 4.24. The lowest BCUT2D eigenvalue weighted by molar-refractivity contribution is -0.137. The first-order valence-electron chi connectivity index (χ1n) is 9.15. The van der Waals surface area contributed by atoms with E-state index in [0.29, 0.717) is 36.2 Å². The number of nitrogens with zero attached hydrogens (tertiary/aromatic N) is 1. The molecule has 2 heterocycles. The predicted molar refractivity (Wildman–Crippen MR) is 102 cm³/mol. The van der Waals surface area contributed by atoms with Crippen LogP contribution >= 0.6 is 0 Å². The normalized spacial score (nSPS) is 12.1. The van der Waals surface area contributed by atoms with Crippen molar-refractivity contribution in [2.24, 2.45) is 0 Å². The summed E-state index contributed by atoms with van der Waals surface area (Å²) < 4.78 is 26.4. The molecule has 30 heavy (non-hydrogen) atoms. The number of amides is 2. The van der Waals surface area contributed by atoms with E-state index in [2.05, 4.69) is 5.32 Å². The Bertz CT molecular complexity index is 893. The molecule has 0 saturated heterocycles. The average Bonchev–Trinajstić information content (AvgIpc) is 3.28. The van der Waals surface area contributed by atoms with Gasteiger partial charge >= 0.3 is 5.97 Å². The zero-order chi connectivity index (χ0) is 21.5. The number of hydrogen-bond donors (Lipinski definition) is 1. The Labute approximate surface area is 172 Å². The summed E-state index contributed by atoms with van der Waals surface area (Å²) in [5, 5.41) is 2.63. The molecule has 1 aliphatic rings. The standard InChI is InChI=1S/C20H22N2O8/c1-22(11-17(23)21-10-14-4-3-5-27-14)18(24)12-30-20(25)13-8-15(26-2)19-16(9-13)28-6-7-29-19/h3-5,8-9H,6-7,10-12H2,1-2H3,(H,21,23). The zero-order valence-corrected chi connectivity index (χ0v) is 16.6. The highest BCUT2D eigenvalue weighted by molar-refractivity contribution is 5.93.